The van der Waals surface area contributed by atoms with Gasteiger partial charge in [0.25, 0.3) is 0 Å². The van der Waals surface area contributed by atoms with Crippen molar-refractivity contribution in [2.24, 2.45) is 0 Å². The van der Waals surface area contributed by atoms with Gasteiger partial charge >= 0.3 is 0 Å². The monoisotopic (exact) mass is 244 g/mol. The SMILES string of the molecule is C#CCNC(=O)CN(C)C(C)c1ccc(C)cc1. The maximum absolute atomic E-state index is 11.6. The second-order valence-corrected chi connectivity index (χ2v) is 4.48. The zero-order chi connectivity index (χ0) is 13.5. The number of carbonyl (C=O) groups excluding carboxylic acids is 1. The van der Waals surface area contributed by atoms with Crippen LogP contribution in [-0.4, -0.2) is 30.9 Å². The van der Waals surface area contributed by atoms with Gasteiger partial charge in [-0.1, -0.05) is 35.7 Å². The van der Waals surface area contributed by atoms with Gasteiger partial charge in [0.05, 0.1) is 13.1 Å². The first-order valence-electron chi connectivity index (χ1n) is 6.01. The highest BCUT2D eigenvalue weighted by Gasteiger charge is 2.14. The van der Waals surface area contributed by atoms with Crippen molar-refractivity contribution >= 4 is 5.91 Å². The first-order chi connectivity index (χ1) is 8.54. The zero-order valence-corrected chi connectivity index (χ0v) is 11.2. The van der Waals surface area contributed by atoms with Crippen molar-refractivity contribution in [3.63, 3.8) is 0 Å². The first-order valence-corrected chi connectivity index (χ1v) is 6.01. The molecule has 1 N–H and O–H groups in total. The molecule has 0 heterocycles. The van der Waals surface area contributed by atoms with Gasteiger partial charge in [0.2, 0.25) is 5.91 Å². The summed E-state index contributed by atoms with van der Waals surface area (Å²) in [5, 5.41) is 2.66. The number of amides is 1. The number of terminal acetylenes is 1. The van der Waals surface area contributed by atoms with Gasteiger partial charge in [-0.3, -0.25) is 9.69 Å². The number of aryl methyl sites for hydroxylation is 1. The first kappa shape index (κ1) is 14.3. The fourth-order valence-electron chi connectivity index (χ4n) is 1.67. The van der Waals surface area contributed by atoms with Gasteiger partial charge in [0.1, 0.15) is 0 Å². The average molecular weight is 244 g/mol. The Balaban J connectivity index is 2.56. The Morgan fingerprint density at radius 3 is 2.61 bits per heavy atom. The molecule has 0 radical (unpaired) electrons. The van der Waals surface area contributed by atoms with Crippen molar-refractivity contribution in [1.29, 1.82) is 0 Å². The van der Waals surface area contributed by atoms with Crippen LogP contribution in [0.25, 0.3) is 0 Å². The molecule has 3 nitrogen and oxygen atoms in total. The maximum atomic E-state index is 11.6. The quantitative estimate of drug-likeness (QED) is 0.800. The van der Waals surface area contributed by atoms with E-state index in [0.717, 1.165) is 0 Å². The van der Waals surface area contributed by atoms with Crippen LogP contribution in [-0.2, 0) is 4.79 Å². The maximum Gasteiger partial charge on any atom is 0.234 e. The lowest BCUT2D eigenvalue weighted by Crippen LogP contribution is -2.36. The molecule has 1 aromatic carbocycles. The third-order valence-electron chi connectivity index (χ3n) is 3.00. The van der Waals surface area contributed by atoms with Gasteiger partial charge in [-0.2, -0.15) is 0 Å². The summed E-state index contributed by atoms with van der Waals surface area (Å²) >= 11 is 0. The Bertz CT molecular complexity index is 431. The second-order valence-electron chi connectivity index (χ2n) is 4.48. The van der Waals surface area contributed by atoms with Crippen LogP contribution in [0.5, 0.6) is 0 Å². The largest absolute Gasteiger partial charge is 0.344 e. The summed E-state index contributed by atoms with van der Waals surface area (Å²) in [5.74, 6) is 2.34. The summed E-state index contributed by atoms with van der Waals surface area (Å²) in [6.45, 7) is 4.77. The molecule has 18 heavy (non-hydrogen) atoms. The number of rotatable bonds is 5. The summed E-state index contributed by atoms with van der Waals surface area (Å²) in [4.78, 5) is 13.6. The fraction of sp³-hybridized carbons (Fsp3) is 0.400. The van der Waals surface area contributed by atoms with Gasteiger partial charge in [0, 0.05) is 6.04 Å². The van der Waals surface area contributed by atoms with Crippen molar-refractivity contribution in [3.05, 3.63) is 35.4 Å². The molecule has 0 saturated heterocycles. The molecular formula is C15H20N2O. The normalized spacial score (nSPS) is 11.9. The van der Waals surface area contributed by atoms with E-state index in [1.54, 1.807) is 0 Å². The summed E-state index contributed by atoms with van der Waals surface area (Å²) in [7, 11) is 1.93. The lowest BCUT2D eigenvalue weighted by molar-refractivity contribution is -0.122. The Labute approximate surface area is 109 Å². The molecule has 96 valence electrons. The highest BCUT2D eigenvalue weighted by molar-refractivity contribution is 5.78. The van der Waals surface area contributed by atoms with E-state index in [9.17, 15) is 4.79 Å². The van der Waals surface area contributed by atoms with Gasteiger partial charge < -0.3 is 5.32 Å². The molecule has 3 heteroatoms. The lowest BCUT2D eigenvalue weighted by atomic mass is 10.1. The molecule has 0 aliphatic heterocycles. The molecule has 1 amide bonds. The third-order valence-corrected chi connectivity index (χ3v) is 3.00. The fourth-order valence-corrected chi connectivity index (χ4v) is 1.67. The number of nitrogens with zero attached hydrogens (tertiary/aromatic N) is 1. The van der Waals surface area contributed by atoms with E-state index < -0.39 is 0 Å². The molecule has 0 aliphatic carbocycles. The topological polar surface area (TPSA) is 32.3 Å². The number of nitrogens with one attached hydrogen (secondary N) is 1. The minimum absolute atomic E-state index is 0.0468. The zero-order valence-electron chi connectivity index (χ0n) is 11.2. The minimum atomic E-state index is -0.0468. The molecule has 0 aromatic heterocycles. The Hall–Kier alpha value is -1.79. The van der Waals surface area contributed by atoms with E-state index in [-0.39, 0.29) is 18.5 Å². The standard InChI is InChI=1S/C15H20N2O/c1-5-10-16-15(18)11-17(4)13(3)14-8-6-12(2)7-9-14/h1,6-9,13H,10-11H2,2-4H3,(H,16,18). The molecule has 1 unspecified atom stereocenters. The van der Waals surface area contributed by atoms with Crippen molar-refractivity contribution < 1.29 is 4.79 Å². The third kappa shape index (κ3) is 4.23. The molecule has 1 aromatic rings. The highest BCUT2D eigenvalue weighted by Crippen LogP contribution is 2.18. The van der Waals surface area contributed by atoms with E-state index in [1.165, 1.54) is 11.1 Å². The number of hydrogen-bond donors (Lipinski definition) is 1. The summed E-state index contributed by atoms with van der Waals surface area (Å²) < 4.78 is 0. The molecule has 1 atom stereocenters. The van der Waals surface area contributed by atoms with Crippen LogP contribution >= 0.6 is 0 Å². The van der Waals surface area contributed by atoms with Crippen LogP contribution in [0.1, 0.15) is 24.1 Å². The van der Waals surface area contributed by atoms with Crippen LogP contribution in [0, 0.1) is 19.3 Å². The predicted octanol–water partition coefficient (Wildman–Crippen LogP) is 1.74. The van der Waals surface area contributed by atoms with E-state index in [1.807, 2.05) is 11.9 Å². The van der Waals surface area contributed by atoms with Crippen molar-refractivity contribution in [2.75, 3.05) is 20.1 Å². The lowest BCUT2D eigenvalue weighted by Gasteiger charge is -2.24. The van der Waals surface area contributed by atoms with E-state index in [0.29, 0.717) is 6.54 Å². The van der Waals surface area contributed by atoms with Crippen LogP contribution in [0.3, 0.4) is 0 Å². The van der Waals surface area contributed by atoms with E-state index in [2.05, 4.69) is 49.4 Å². The van der Waals surface area contributed by atoms with Crippen molar-refractivity contribution in [1.82, 2.24) is 10.2 Å². The Morgan fingerprint density at radius 2 is 2.06 bits per heavy atom. The molecule has 0 aliphatic rings. The van der Waals surface area contributed by atoms with Gasteiger partial charge in [-0.05, 0) is 26.5 Å². The number of hydrogen-bond acceptors (Lipinski definition) is 2. The van der Waals surface area contributed by atoms with Crippen LogP contribution in [0.2, 0.25) is 0 Å². The van der Waals surface area contributed by atoms with Gasteiger partial charge in [-0.25, -0.2) is 0 Å². The van der Waals surface area contributed by atoms with Gasteiger partial charge in [-0.15, -0.1) is 6.42 Å². The Morgan fingerprint density at radius 1 is 1.44 bits per heavy atom. The second kappa shape index (κ2) is 6.83. The molecule has 0 saturated carbocycles. The van der Waals surface area contributed by atoms with Crippen LogP contribution in [0.4, 0.5) is 0 Å². The van der Waals surface area contributed by atoms with Gasteiger partial charge in [0.15, 0.2) is 0 Å². The molecule has 1 rings (SSSR count). The number of benzene rings is 1. The number of likely N-dealkylation sites (N-methyl/N-ethyl adjacent to an activating group) is 1. The van der Waals surface area contributed by atoms with E-state index >= 15 is 0 Å². The molecule has 0 fully saturated rings. The highest BCUT2D eigenvalue weighted by atomic mass is 16.2. The van der Waals surface area contributed by atoms with Crippen LogP contribution in [0.15, 0.2) is 24.3 Å². The summed E-state index contributed by atoms with van der Waals surface area (Å²) in [6.07, 6.45) is 5.09. The van der Waals surface area contributed by atoms with Crippen molar-refractivity contribution in [3.8, 4) is 12.3 Å². The summed E-state index contributed by atoms with van der Waals surface area (Å²) in [5.41, 5.74) is 2.44. The molecular weight excluding hydrogens is 224 g/mol. The average Bonchev–Trinajstić information content (AvgIpc) is 2.36. The molecule has 0 spiro atoms. The predicted molar refractivity (Wildman–Crippen MR) is 74.1 cm³/mol. The minimum Gasteiger partial charge on any atom is -0.344 e. The summed E-state index contributed by atoms with van der Waals surface area (Å²) in [6, 6.07) is 8.55. The van der Waals surface area contributed by atoms with E-state index in [4.69, 9.17) is 6.42 Å². The number of carbonyl (C=O) groups is 1. The molecule has 0 bridgehead atoms. The van der Waals surface area contributed by atoms with Crippen molar-refractivity contribution in [2.45, 2.75) is 19.9 Å². The van der Waals surface area contributed by atoms with Crippen LogP contribution < -0.4 is 5.32 Å². The smallest absolute Gasteiger partial charge is 0.234 e. The Kier molecular flexibility index (Phi) is 5.41.